The van der Waals surface area contributed by atoms with Crippen molar-refractivity contribution in [1.29, 1.82) is 0 Å². The second-order valence-corrected chi connectivity index (χ2v) is 5.12. The molecule has 0 saturated heterocycles. The largest absolute Gasteiger partial charge is 0.491 e. The van der Waals surface area contributed by atoms with Crippen LogP contribution in [0.4, 0.5) is 0 Å². The number of hydrogen-bond donors (Lipinski definition) is 1. The Balaban J connectivity index is 1.79. The molecule has 0 spiro atoms. The molecule has 1 aromatic carbocycles. The Labute approximate surface area is 133 Å². The minimum atomic E-state index is -0.474. The predicted molar refractivity (Wildman–Crippen MR) is 82.3 cm³/mol. The second-order valence-electron chi connectivity index (χ2n) is 5.12. The molecule has 6 nitrogen and oxygen atoms in total. The fourth-order valence-corrected chi connectivity index (χ4v) is 2.50. The number of carbonyl (C=O) groups excluding carboxylic acids is 2. The van der Waals surface area contributed by atoms with Crippen molar-refractivity contribution in [3.63, 3.8) is 0 Å². The highest BCUT2D eigenvalue weighted by Crippen LogP contribution is 2.29. The van der Waals surface area contributed by atoms with Gasteiger partial charge < -0.3 is 14.8 Å². The SMILES string of the molecule is COC(=O)c1cccc(C(=O)NC2CCOc3cccnc32)c1. The lowest BCUT2D eigenvalue weighted by Gasteiger charge is -2.25. The van der Waals surface area contributed by atoms with Gasteiger partial charge in [0.2, 0.25) is 0 Å². The number of aromatic nitrogens is 1. The van der Waals surface area contributed by atoms with Gasteiger partial charge in [0.25, 0.3) is 5.91 Å². The summed E-state index contributed by atoms with van der Waals surface area (Å²) in [6.45, 7) is 0.520. The van der Waals surface area contributed by atoms with Crippen LogP contribution in [0.25, 0.3) is 0 Å². The fraction of sp³-hybridized carbons (Fsp3) is 0.235. The third kappa shape index (κ3) is 3.15. The Morgan fingerprint density at radius 3 is 2.91 bits per heavy atom. The maximum atomic E-state index is 12.5. The molecule has 1 amide bonds. The molecule has 0 saturated carbocycles. The Morgan fingerprint density at radius 1 is 1.26 bits per heavy atom. The third-order valence-electron chi connectivity index (χ3n) is 3.65. The molecule has 0 fully saturated rings. The number of nitrogens with zero attached hydrogens (tertiary/aromatic N) is 1. The first-order chi connectivity index (χ1) is 11.2. The van der Waals surface area contributed by atoms with E-state index in [0.29, 0.717) is 29.9 Å². The number of fused-ring (bicyclic) bond motifs is 1. The number of amides is 1. The Hall–Kier alpha value is -2.89. The number of hydrogen-bond acceptors (Lipinski definition) is 5. The van der Waals surface area contributed by atoms with Gasteiger partial charge in [0, 0.05) is 18.2 Å². The molecule has 1 atom stereocenters. The van der Waals surface area contributed by atoms with Gasteiger partial charge in [0.15, 0.2) is 0 Å². The van der Waals surface area contributed by atoms with Crippen LogP contribution >= 0.6 is 0 Å². The smallest absolute Gasteiger partial charge is 0.337 e. The topological polar surface area (TPSA) is 77.5 Å². The molecule has 2 heterocycles. The van der Waals surface area contributed by atoms with Crippen LogP contribution in [-0.4, -0.2) is 30.6 Å². The van der Waals surface area contributed by atoms with E-state index in [-0.39, 0.29) is 11.9 Å². The van der Waals surface area contributed by atoms with Crippen molar-refractivity contribution in [3.05, 3.63) is 59.4 Å². The summed E-state index contributed by atoms with van der Waals surface area (Å²) in [5.41, 5.74) is 1.46. The number of benzene rings is 1. The molecule has 118 valence electrons. The molecular formula is C17H16N2O4. The van der Waals surface area contributed by atoms with E-state index in [1.54, 1.807) is 30.5 Å². The molecule has 0 radical (unpaired) electrons. The van der Waals surface area contributed by atoms with Crippen molar-refractivity contribution in [2.45, 2.75) is 12.5 Å². The standard InChI is InChI=1S/C17H16N2O4/c1-22-17(21)12-5-2-4-11(10-12)16(20)19-13-7-9-23-14-6-3-8-18-15(13)14/h2-6,8,10,13H,7,9H2,1H3,(H,19,20). The van der Waals surface area contributed by atoms with Gasteiger partial charge in [-0.25, -0.2) is 4.79 Å². The van der Waals surface area contributed by atoms with E-state index in [2.05, 4.69) is 15.0 Å². The van der Waals surface area contributed by atoms with Crippen molar-refractivity contribution in [2.75, 3.05) is 13.7 Å². The van der Waals surface area contributed by atoms with Gasteiger partial charge in [-0.1, -0.05) is 6.07 Å². The quantitative estimate of drug-likeness (QED) is 0.878. The monoisotopic (exact) mass is 312 g/mol. The van der Waals surface area contributed by atoms with Gasteiger partial charge in [0.05, 0.1) is 25.3 Å². The first-order valence-electron chi connectivity index (χ1n) is 7.26. The van der Waals surface area contributed by atoms with Crippen LogP contribution < -0.4 is 10.1 Å². The first-order valence-corrected chi connectivity index (χ1v) is 7.26. The second kappa shape index (κ2) is 6.48. The molecule has 1 aliphatic heterocycles. The summed E-state index contributed by atoms with van der Waals surface area (Å²) in [6.07, 6.45) is 2.32. The average molecular weight is 312 g/mol. The van der Waals surface area contributed by atoms with E-state index in [4.69, 9.17) is 4.74 Å². The highest BCUT2D eigenvalue weighted by molar-refractivity contribution is 5.98. The summed E-state index contributed by atoms with van der Waals surface area (Å²) in [5, 5.41) is 2.94. The number of rotatable bonds is 3. The molecule has 1 unspecified atom stereocenters. The van der Waals surface area contributed by atoms with E-state index in [1.165, 1.54) is 13.2 Å². The number of pyridine rings is 1. The molecule has 0 aliphatic carbocycles. The Bertz CT molecular complexity index is 745. The van der Waals surface area contributed by atoms with Crippen LogP contribution in [0.1, 0.15) is 38.9 Å². The van der Waals surface area contributed by atoms with Crippen LogP contribution in [0.5, 0.6) is 5.75 Å². The summed E-state index contributed by atoms with van der Waals surface area (Å²) < 4.78 is 10.2. The zero-order valence-electron chi connectivity index (χ0n) is 12.6. The molecule has 23 heavy (non-hydrogen) atoms. The number of methoxy groups -OCH3 is 1. The van der Waals surface area contributed by atoms with Gasteiger partial charge in [-0.3, -0.25) is 9.78 Å². The molecule has 1 aliphatic rings. The number of ether oxygens (including phenoxy) is 2. The number of carbonyl (C=O) groups is 2. The summed E-state index contributed by atoms with van der Waals surface area (Å²) >= 11 is 0. The lowest BCUT2D eigenvalue weighted by Crippen LogP contribution is -2.32. The van der Waals surface area contributed by atoms with E-state index >= 15 is 0 Å². The number of esters is 1. The Kier molecular flexibility index (Phi) is 4.23. The minimum absolute atomic E-state index is 0.214. The highest BCUT2D eigenvalue weighted by atomic mass is 16.5. The summed E-state index contributed by atoms with van der Waals surface area (Å²) in [5.74, 6) is -0.0515. The highest BCUT2D eigenvalue weighted by Gasteiger charge is 2.24. The predicted octanol–water partition coefficient (Wildman–Crippen LogP) is 2.12. The minimum Gasteiger partial charge on any atom is -0.491 e. The van der Waals surface area contributed by atoms with E-state index in [0.717, 1.165) is 5.69 Å². The zero-order valence-corrected chi connectivity index (χ0v) is 12.6. The molecule has 0 bridgehead atoms. The van der Waals surface area contributed by atoms with E-state index < -0.39 is 5.97 Å². The van der Waals surface area contributed by atoms with Gasteiger partial charge in [-0.15, -0.1) is 0 Å². The molecule has 1 N–H and O–H groups in total. The van der Waals surface area contributed by atoms with E-state index in [9.17, 15) is 9.59 Å². The summed E-state index contributed by atoms with van der Waals surface area (Å²) in [7, 11) is 1.31. The molecule has 1 aromatic heterocycles. The summed E-state index contributed by atoms with van der Waals surface area (Å²) in [4.78, 5) is 28.3. The van der Waals surface area contributed by atoms with Crippen LogP contribution in [0.2, 0.25) is 0 Å². The molecular weight excluding hydrogens is 296 g/mol. The van der Waals surface area contributed by atoms with Crippen LogP contribution in [0.3, 0.4) is 0 Å². The summed E-state index contributed by atoms with van der Waals surface area (Å²) in [6, 6.07) is 9.83. The molecule has 6 heteroatoms. The number of nitrogens with one attached hydrogen (secondary N) is 1. The van der Waals surface area contributed by atoms with Crippen molar-refractivity contribution in [3.8, 4) is 5.75 Å². The van der Waals surface area contributed by atoms with Crippen LogP contribution in [-0.2, 0) is 4.74 Å². The lowest BCUT2D eigenvalue weighted by atomic mass is 10.0. The average Bonchev–Trinajstić information content (AvgIpc) is 2.61. The first kappa shape index (κ1) is 15.0. The fourth-order valence-electron chi connectivity index (χ4n) is 2.50. The molecule has 3 rings (SSSR count). The zero-order chi connectivity index (χ0) is 16.2. The van der Waals surface area contributed by atoms with Crippen LogP contribution in [0, 0.1) is 0 Å². The maximum Gasteiger partial charge on any atom is 0.337 e. The van der Waals surface area contributed by atoms with Crippen molar-refractivity contribution in [1.82, 2.24) is 10.3 Å². The van der Waals surface area contributed by atoms with Gasteiger partial charge >= 0.3 is 5.97 Å². The van der Waals surface area contributed by atoms with Crippen LogP contribution in [0.15, 0.2) is 42.6 Å². The maximum absolute atomic E-state index is 12.5. The van der Waals surface area contributed by atoms with Crippen molar-refractivity contribution < 1.29 is 19.1 Å². The van der Waals surface area contributed by atoms with Crippen molar-refractivity contribution in [2.24, 2.45) is 0 Å². The van der Waals surface area contributed by atoms with E-state index in [1.807, 2.05) is 6.07 Å². The van der Waals surface area contributed by atoms with Gasteiger partial charge in [-0.05, 0) is 30.3 Å². The van der Waals surface area contributed by atoms with Crippen molar-refractivity contribution >= 4 is 11.9 Å². The third-order valence-corrected chi connectivity index (χ3v) is 3.65. The van der Waals surface area contributed by atoms with Gasteiger partial charge in [-0.2, -0.15) is 0 Å². The normalized spacial score (nSPS) is 16.0. The molecule has 2 aromatic rings. The lowest BCUT2D eigenvalue weighted by molar-refractivity contribution is 0.0600. The van der Waals surface area contributed by atoms with Gasteiger partial charge in [0.1, 0.15) is 11.4 Å². The Morgan fingerprint density at radius 2 is 2.09 bits per heavy atom.